The van der Waals surface area contributed by atoms with Crippen molar-refractivity contribution in [1.82, 2.24) is 0 Å². The van der Waals surface area contributed by atoms with Crippen LogP contribution in [0, 0.1) is 17.2 Å². The number of rotatable bonds is 4. The molecule has 3 heteroatoms. The van der Waals surface area contributed by atoms with Crippen LogP contribution in [0.5, 0.6) is 0 Å². The molecule has 1 aromatic rings. The highest BCUT2D eigenvalue weighted by atomic mass is 35.5. The molecule has 0 saturated carbocycles. The Bertz CT molecular complexity index is 478. The summed E-state index contributed by atoms with van der Waals surface area (Å²) in [6.45, 7) is 4.40. The van der Waals surface area contributed by atoms with Crippen LogP contribution >= 0.6 is 11.6 Å². The number of nitriles is 1. The van der Waals surface area contributed by atoms with Crippen molar-refractivity contribution in [1.29, 1.82) is 5.26 Å². The van der Waals surface area contributed by atoms with E-state index in [1.54, 1.807) is 0 Å². The molecule has 108 valence electrons. The zero-order valence-electron chi connectivity index (χ0n) is 12.2. The molecule has 1 aromatic carbocycles. The van der Waals surface area contributed by atoms with E-state index in [2.05, 4.69) is 24.0 Å². The Morgan fingerprint density at radius 3 is 2.90 bits per heavy atom. The van der Waals surface area contributed by atoms with Crippen LogP contribution in [0.2, 0.25) is 0 Å². The molecule has 1 atom stereocenters. The molecule has 0 amide bonds. The van der Waals surface area contributed by atoms with E-state index in [0.717, 1.165) is 35.8 Å². The van der Waals surface area contributed by atoms with Gasteiger partial charge in [0.15, 0.2) is 0 Å². The first-order valence-electron chi connectivity index (χ1n) is 7.62. The molecule has 2 nitrogen and oxygen atoms in total. The van der Waals surface area contributed by atoms with Gasteiger partial charge in [0.1, 0.15) is 6.07 Å². The van der Waals surface area contributed by atoms with Crippen LogP contribution < -0.4 is 4.90 Å². The van der Waals surface area contributed by atoms with E-state index in [0.29, 0.717) is 5.88 Å². The van der Waals surface area contributed by atoms with E-state index in [1.807, 2.05) is 12.1 Å². The number of nitrogens with zero attached hydrogens (tertiary/aromatic N) is 2. The van der Waals surface area contributed by atoms with Crippen LogP contribution in [-0.2, 0) is 5.88 Å². The van der Waals surface area contributed by atoms with Gasteiger partial charge in [-0.05, 0) is 42.9 Å². The highest BCUT2D eigenvalue weighted by Crippen LogP contribution is 2.28. The van der Waals surface area contributed by atoms with E-state index in [1.165, 1.54) is 32.1 Å². The Hall–Kier alpha value is -1.20. The zero-order valence-corrected chi connectivity index (χ0v) is 13.0. The molecule has 1 fully saturated rings. The second-order valence-corrected chi connectivity index (χ2v) is 5.94. The normalized spacial score (nSPS) is 19.4. The van der Waals surface area contributed by atoms with Gasteiger partial charge in [-0.2, -0.15) is 5.26 Å². The Kier molecular flexibility index (Phi) is 5.73. The molecule has 0 N–H and O–H groups in total. The second-order valence-electron chi connectivity index (χ2n) is 5.67. The van der Waals surface area contributed by atoms with Gasteiger partial charge in [0.25, 0.3) is 0 Å². The van der Waals surface area contributed by atoms with Crippen LogP contribution in [0.1, 0.15) is 50.2 Å². The number of hydrogen-bond acceptors (Lipinski definition) is 2. The number of anilines is 1. The molecule has 1 heterocycles. The summed E-state index contributed by atoms with van der Waals surface area (Å²) in [6.07, 6.45) is 6.41. The number of alkyl halides is 1. The maximum Gasteiger partial charge on any atom is 0.101 e. The van der Waals surface area contributed by atoms with Crippen LogP contribution in [0.4, 0.5) is 5.69 Å². The number of hydrogen-bond donors (Lipinski definition) is 0. The van der Waals surface area contributed by atoms with Crippen molar-refractivity contribution >= 4 is 17.3 Å². The summed E-state index contributed by atoms with van der Waals surface area (Å²) in [5.41, 5.74) is 2.86. The second kappa shape index (κ2) is 7.55. The Labute approximate surface area is 127 Å². The minimum atomic E-state index is 0.466. The predicted octanol–water partition coefficient (Wildman–Crippen LogP) is 4.70. The van der Waals surface area contributed by atoms with E-state index in [-0.39, 0.29) is 0 Å². The highest BCUT2D eigenvalue weighted by molar-refractivity contribution is 6.17. The molecule has 20 heavy (non-hydrogen) atoms. The molecule has 0 aliphatic carbocycles. The lowest BCUT2D eigenvalue weighted by Gasteiger charge is -2.24. The number of halogens is 1. The summed E-state index contributed by atoms with van der Waals surface area (Å²) < 4.78 is 0. The van der Waals surface area contributed by atoms with Gasteiger partial charge in [0, 0.05) is 19.0 Å². The summed E-state index contributed by atoms with van der Waals surface area (Å²) in [4.78, 5) is 2.38. The van der Waals surface area contributed by atoms with E-state index < -0.39 is 0 Å². The molecule has 1 aliphatic heterocycles. The van der Waals surface area contributed by atoms with Crippen molar-refractivity contribution in [2.45, 2.75) is 44.9 Å². The summed E-state index contributed by atoms with van der Waals surface area (Å²) >= 11 is 5.85. The smallest absolute Gasteiger partial charge is 0.101 e. The molecule has 2 rings (SSSR count). The summed E-state index contributed by atoms with van der Waals surface area (Å²) in [5.74, 6) is 1.32. The summed E-state index contributed by atoms with van der Waals surface area (Å²) in [7, 11) is 0. The fourth-order valence-corrected chi connectivity index (χ4v) is 3.30. The molecule has 0 bridgehead atoms. The lowest BCUT2D eigenvalue weighted by molar-refractivity contribution is 0.435. The molecule has 1 saturated heterocycles. The lowest BCUT2D eigenvalue weighted by Crippen LogP contribution is -2.25. The molecule has 1 unspecified atom stereocenters. The van der Waals surface area contributed by atoms with Crippen molar-refractivity contribution in [2.24, 2.45) is 5.92 Å². The maximum absolute atomic E-state index is 9.36. The van der Waals surface area contributed by atoms with Crippen molar-refractivity contribution in [3.8, 4) is 6.07 Å². The average molecular weight is 291 g/mol. The van der Waals surface area contributed by atoms with Crippen LogP contribution in [0.3, 0.4) is 0 Å². The molecule has 1 aliphatic rings. The van der Waals surface area contributed by atoms with E-state index in [9.17, 15) is 5.26 Å². The number of benzene rings is 1. The fourth-order valence-electron chi connectivity index (χ4n) is 3.13. The van der Waals surface area contributed by atoms with Gasteiger partial charge in [-0.1, -0.05) is 25.8 Å². The standard InChI is InChI=1S/C17H23ClN2/c1-2-4-14-5-3-9-20(10-8-14)17-7-6-15(12-18)11-16(17)13-19/h6-7,11,14H,2-5,8-10,12H2,1H3. The monoisotopic (exact) mass is 290 g/mol. The highest BCUT2D eigenvalue weighted by Gasteiger charge is 2.18. The average Bonchev–Trinajstić information content (AvgIpc) is 2.72. The third-order valence-corrected chi connectivity index (χ3v) is 4.53. The minimum Gasteiger partial charge on any atom is -0.370 e. The Morgan fingerprint density at radius 2 is 2.20 bits per heavy atom. The molecular weight excluding hydrogens is 268 g/mol. The van der Waals surface area contributed by atoms with E-state index >= 15 is 0 Å². The van der Waals surface area contributed by atoms with Crippen molar-refractivity contribution < 1.29 is 0 Å². The van der Waals surface area contributed by atoms with Crippen molar-refractivity contribution in [2.75, 3.05) is 18.0 Å². The lowest BCUT2D eigenvalue weighted by atomic mass is 9.96. The first kappa shape index (κ1) is 15.2. The molecule has 0 radical (unpaired) electrons. The van der Waals surface area contributed by atoms with Gasteiger partial charge in [0.05, 0.1) is 11.3 Å². The van der Waals surface area contributed by atoms with Gasteiger partial charge < -0.3 is 4.90 Å². The molecular formula is C17H23ClN2. The first-order valence-corrected chi connectivity index (χ1v) is 8.15. The Morgan fingerprint density at radius 1 is 1.35 bits per heavy atom. The van der Waals surface area contributed by atoms with Crippen LogP contribution in [0.25, 0.3) is 0 Å². The minimum absolute atomic E-state index is 0.466. The van der Waals surface area contributed by atoms with Gasteiger partial charge in [-0.3, -0.25) is 0 Å². The third kappa shape index (κ3) is 3.67. The van der Waals surface area contributed by atoms with E-state index in [4.69, 9.17) is 11.6 Å². The van der Waals surface area contributed by atoms with Gasteiger partial charge in [-0.15, -0.1) is 11.6 Å². The third-order valence-electron chi connectivity index (χ3n) is 4.22. The molecule has 0 aromatic heterocycles. The van der Waals surface area contributed by atoms with Crippen LogP contribution in [-0.4, -0.2) is 13.1 Å². The summed E-state index contributed by atoms with van der Waals surface area (Å²) in [6, 6.07) is 8.36. The predicted molar refractivity (Wildman–Crippen MR) is 85.2 cm³/mol. The van der Waals surface area contributed by atoms with Crippen molar-refractivity contribution in [3.63, 3.8) is 0 Å². The quantitative estimate of drug-likeness (QED) is 0.751. The van der Waals surface area contributed by atoms with Gasteiger partial charge >= 0.3 is 0 Å². The largest absolute Gasteiger partial charge is 0.370 e. The SMILES string of the molecule is CCCC1CCCN(c2ccc(CCl)cc2C#N)CC1. The fraction of sp³-hybridized carbons (Fsp3) is 0.588. The van der Waals surface area contributed by atoms with Gasteiger partial charge in [-0.25, -0.2) is 0 Å². The van der Waals surface area contributed by atoms with Gasteiger partial charge in [0.2, 0.25) is 0 Å². The topological polar surface area (TPSA) is 27.0 Å². The molecule has 0 spiro atoms. The maximum atomic E-state index is 9.36. The Balaban J connectivity index is 2.13. The first-order chi connectivity index (χ1) is 9.78. The van der Waals surface area contributed by atoms with Crippen molar-refractivity contribution in [3.05, 3.63) is 29.3 Å². The van der Waals surface area contributed by atoms with Crippen LogP contribution in [0.15, 0.2) is 18.2 Å². The zero-order chi connectivity index (χ0) is 14.4. The summed E-state index contributed by atoms with van der Waals surface area (Å²) in [5, 5.41) is 9.36.